The van der Waals surface area contributed by atoms with Crippen LogP contribution in [0, 0.1) is 0 Å². The number of unbranched alkanes of at least 4 members (excludes halogenated alkanes) is 15. The number of rotatable bonds is 26. The molecule has 0 saturated heterocycles. The zero-order chi connectivity index (χ0) is 25.5. The Kier molecular flexibility index (Phi) is 21.9. The van der Waals surface area contributed by atoms with Crippen molar-refractivity contribution in [1.29, 1.82) is 0 Å². The second-order valence-corrected chi connectivity index (χ2v) is 13.2. The lowest BCUT2D eigenvalue weighted by Gasteiger charge is -2.15. The maximum atomic E-state index is 12.1. The quantitative estimate of drug-likeness (QED) is 0.105. The van der Waals surface area contributed by atoms with E-state index < -0.39 is 26.1 Å². The van der Waals surface area contributed by atoms with Crippen molar-refractivity contribution in [1.82, 2.24) is 0 Å². The van der Waals surface area contributed by atoms with Gasteiger partial charge in [0.05, 0.1) is 37.1 Å². The fourth-order valence-corrected chi connectivity index (χ4v) is 5.62. The molecule has 0 amide bonds. The van der Waals surface area contributed by atoms with Crippen LogP contribution in [0.1, 0.15) is 110 Å². The smallest absolute Gasteiger partial charge is 0.264 e. The first kappa shape index (κ1) is 33.8. The van der Waals surface area contributed by atoms with Crippen molar-refractivity contribution >= 4 is 20.0 Å². The standard InChI is InChI=1S/C25H52O7S2/c1-4-5-6-7-8-9-10-11-12-13-14-15-16-17-18-19-20-31-23-25(30-2)24-34(28,29)22-21-32-33(3,26)27/h25H,4-24H2,1-3H3. The van der Waals surface area contributed by atoms with Crippen LogP contribution in [-0.2, 0) is 33.6 Å². The minimum Gasteiger partial charge on any atom is -0.379 e. The van der Waals surface area contributed by atoms with Crippen LogP contribution in [0.15, 0.2) is 0 Å². The van der Waals surface area contributed by atoms with Crippen molar-refractivity contribution in [2.45, 2.75) is 116 Å². The van der Waals surface area contributed by atoms with E-state index in [-0.39, 0.29) is 24.7 Å². The van der Waals surface area contributed by atoms with Gasteiger partial charge in [-0.25, -0.2) is 8.42 Å². The van der Waals surface area contributed by atoms with Crippen molar-refractivity contribution < 1.29 is 30.5 Å². The highest BCUT2D eigenvalue weighted by Crippen LogP contribution is 2.13. The first-order valence-corrected chi connectivity index (χ1v) is 17.0. The van der Waals surface area contributed by atoms with E-state index in [0.29, 0.717) is 6.61 Å². The summed E-state index contributed by atoms with van der Waals surface area (Å²) in [6.07, 6.45) is 21.4. The van der Waals surface area contributed by atoms with E-state index in [0.717, 1.165) is 19.1 Å². The van der Waals surface area contributed by atoms with Crippen molar-refractivity contribution in [3.8, 4) is 0 Å². The van der Waals surface area contributed by atoms with Gasteiger partial charge in [-0.1, -0.05) is 103 Å². The van der Waals surface area contributed by atoms with Gasteiger partial charge in [0.1, 0.15) is 0 Å². The third kappa shape index (κ3) is 24.9. The summed E-state index contributed by atoms with van der Waals surface area (Å²) in [5.41, 5.74) is 0. The highest BCUT2D eigenvalue weighted by molar-refractivity contribution is 7.91. The molecule has 0 aliphatic rings. The molecule has 9 heteroatoms. The molecule has 206 valence electrons. The van der Waals surface area contributed by atoms with Crippen molar-refractivity contribution in [3.63, 3.8) is 0 Å². The molecule has 7 nitrogen and oxygen atoms in total. The first-order valence-electron chi connectivity index (χ1n) is 13.4. The van der Waals surface area contributed by atoms with Gasteiger partial charge in [0.25, 0.3) is 10.1 Å². The molecule has 0 fully saturated rings. The van der Waals surface area contributed by atoms with Crippen LogP contribution in [0.5, 0.6) is 0 Å². The molecule has 0 saturated carbocycles. The number of methoxy groups -OCH3 is 1. The largest absolute Gasteiger partial charge is 0.379 e. The summed E-state index contributed by atoms with van der Waals surface area (Å²) in [6.45, 7) is 2.69. The molecule has 0 aromatic carbocycles. The monoisotopic (exact) mass is 528 g/mol. The van der Waals surface area contributed by atoms with Gasteiger partial charge >= 0.3 is 0 Å². The first-order chi connectivity index (χ1) is 16.2. The van der Waals surface area contributed by atoms with E-state index in [1.54, 1.807) is 0 Å². The Morgan fingerprint density at radius 1 is 0.647 bits per heavy atom. The minimum absolute atomic E-state index is 0.210. The fourth-order valence-electron chi connectivity index (χ4n) is 3.83. The van der Waals surface area contributed by atoms with Crippen LogP contribution >= 0.6 is 0 Å². The predicted molar refractivity (Wildman–Crippen MR) is 141 cm³/mol. The van der Waals surface area contributed by atoms with Gasteiger partial charge in [0.2, 0.25) is 0 Å². The van der Waals surface area contributed by atoms with Crippen LogP contribution in [-0.4, -0.2) is 67.6 Å². The maximum Gasteiger partial charge on any atom is 0.264 e. The van der Waals surface area contributed by atoms with Crippen molar-refractivity contribution in [2.24, 2.45) is 0 Å². The molecule has 1 atom stereocenters. The van der Waals surface area contributed by atoms with Gasteiger partial charge in [-0.2, -0.15) is 8.42 Å². The normalized spacial score (nSPS) is 13.4. The zero-order valence-corrected chi connectivity index (χ0v) is 23.7. The Balaban J connectivity index is 3.52. The Bertz CT molecular complexity index is 648. The van der Waals surface area contributed by atoms with Crippen LogP contribution in [0.3, 0.4) is 0 Å². The molecule has 0 spiro atoms. The Morgan fingerprint density at radius 3 is 1.50 bits per heavy atom. The highest BCUT2D eigenvalue weighted by Gasteiger charge is 2.20. The molecule has 0 N–H and O–H groups in total. The number of hydrogen-bond donors (Lipinski definition) is 0. The van der Waals surface area contributed by atoms with E-state index in [2.05, 4.69) is 11.1 Å². The molecule has 0 aromatic heterocycles. The summed E-state index contributed by atoms with van der Waals surface area (Å²) in [5.74, 6) is -0.575. The summed E-state index contributed by atoms with van der Waals surface area (Å²) in [7, 11) is -5.68. The van der Waals surface area contributed by atoms with E-state index >= 15 is 0 Å². The molecule has 0 rings (SSSR count). The van der Waals surface area contributed by atoms with Crippen LogP contribution in [0.4, 0.5) is 0 Å². The zero-order valence-electron chi connectivity index (χ0n) is 22.1. The Hall–Kier alpha value is -0.220. The van der Waals surface area contributed by atoms with Crippen molar-refractivity contribution in [3.05, 3.63) is 0 Å². The van der Waals surface area contributed by atoms with Gasteiger partial charge in [0, 0.05) is 13.7 Å². The third-order valence-electron chi connectivity index (χ3n) is 5.91. The summed E-state index contributed by atoms with van der Waals surface area (Å²) >= 11 is 0. The third-order valence-corrected chi connectivity index (χ3v) is 8.17. The molecule has 0 aromatic rings. The highest BCUT2D eigenvalue weighted by atomic mass is 32.2. The molecule has 0 heterocycles. The second-order valence-electron chi connectivity index (χ2n) is 9.38. The predicted octanol–water partition coefficient (Wildman–Crippen LogP) is 5.67. The molecule has 1 unspecified atom stereocenters. The molecule has 0 radical (unpaired) electrons. The average Bonchev–Trinajstić information content (AvgIpc) is 2.76. The Labute approximate surface area is 210 Å². The molecule has 0 bridgehead atoms. The van der Waals surface area contributed by atoms with E-state index in [1.807, 2.05) is 0 Å². The minimum atomic E-state index is -3.64. The van der Waals surface area contributed by atoms with Crippen LogP contribution in [0.25, 0.3) is 0 Å². The van der Waals surface area contributed by atoms with Gasteiger partial charge < -0.3 is 9.47 Å². The Morgan fingerprint density at radius 2 is 1.09 bits per heavy atom. The molecular weight excluding hydrogens is 476 g/mol. The van der Waals surface area contributed by atoms with Gasteiger partial charge in [0.15, 0.2) is 9.84 Å². The fraction of sp³-hybridized carbons (Fsp3) is 1.00. The molecular formula is C25H52O7S2. The topological polar surface area (TPSA) is 96.0 Å². The summed E-state index contributed by atoms with van der Waals surface area (Å²) in [4.78, 5) is 0. The summed E-state index contributed by atoms with van der Waals surface area (Å²) in [6, 6.07) is 0. The number of hydrogen-bond acceptors (Lipinski definition) is 7. The van der Waals surface area contributed by atoms with Gasteiger partial charge in [-0.3, -0.25) is 4.18 Å². The van der Waals surface area contributed by atoms with Gasteiger partial charge in [-0.15, -0.1) is 0 Å². The summed E-state index contributed by atoms with van der Waals surface area (Å²) < 4.78 is 61.3. The second kappa shape index (κ2) is 22.0. The van der Waals surface area contributed by atoms with Crippen molar-refractivity contribution in [2.75, 3.05) is 44.7 Å². The lowest BCUT2D eigenvalue weighted by Crippen LogP contribution is -2.30. The number of sulfone groups is 1. The van der Waals surface area contributed by atoms with E-state index in [1.165, 1.54) is 97.0 Å². The number of ether oxygens (including phenoxy) is 2. The molecule has 0 aliphatic heterocycles. The molecule has 0 aliphatic carbocycles. The van der Waals surface area contributed by atoms with Crippen LogP contribution in [0.2, 0.25) is 0 Å². The molecule has 34 heavy (non-hydrogen) atoms. The van der Waals surface area contributed by atoms with E-state index in [4.69, 9.17) is 9.47 Å². The maximum absolute atomic E-state index is 12.1. The summed E-state index contributed by atoms with van der Waals surface area (Å²) in [5, 5.41) is 0. The van der Waals surface area contributed by atoms with E-state index in [9.17, 15) is 16.8 Å². The average molecular weight is 529 g/mol. The van der Waals surface area contributed by atoms with Gasteiger partial charge in [-0.05, 0) is 6.42 Å². The lowest BCUT2D eigenvalue weighted by atomic mass is 10.0. The van der Waals surface area contributed by atoms with Crippen LogP contribution < -0.4 is 0 Å². The lowest BCUT2D eigenvalue weighted by molar-refractivity contribution is 0.0190. The SMILES string of the molecule is CCCCCCCCCCCCCCCCCCOCC(CS(=O)(=O)CCOS(C)(=O)=O)OC.